The number of amides is 1. The molecule has 33 heavy (non-hydrogen) atoms. The number of nitrogens with one attached hydrogen (secondary N) is 1. The van der Waals surface area contributed by atoms with Crippen molar-refractivity contribution in [2.45, 2.75) is 0 Å². The number of anilines is 1. The summed E-state index contributed by atoms with van der Waals surface area (Å²) in [5, 5.41) is 2.94. The van der Waals surface area contributed by atoms with Crippen molar-refractivity contribution in [1.82, 2.24) is 4.98 Å². The summed E-state index contributed by atoms with van der Waals surface area (Å²) in [4.78, 5) is 17.7. The molecule has 0 aliphatic carbocycles. The minimum Gasteiger partial charge on any atom is -0.497 e. The molecule has 0 saturated carbocycles. The number of ether oxygens (including phenoxy) is 3. The fraction of sp³-hybridized carbons (Fsp3) is 0.111. The van der Waals surface area contributed by atoms with Crippen LogP contribution in [0.4, 0.5) is 5.69 Å². The Labute approximate surface area is 192 Å². The summed E-state index contributed by atoms with van der Waals surface area (Å²) in [6.45, 7) is 0. The summed E-state index contributed by atoms with van der Waals surface area (Å²) in [5.74, 6) is 1.61. The number of carbonyl (C=O) groups excluding carboxylic acids is 1. The Morgan fingerprint density at radius 3 is 1.88 bits per heavy atom. The molecule has 0 fully saturated rings. The molecule has 0 spiro atoms. The van der Waals surface area contributed by atoms with E-state index >= 15 is 0 Å². The maximum atomic E-state index is 12.8. The van der Waals surface area contributed by atoms with E-state index in [1.165, 1.54) is 0 Å². The van der Waals surface area contributed by atoms with Crippen molar-refractivity contribution in [3.05, 3.63) is 90.5 Å². The van der Waals surface area contributed by atoms with Crippen LogP contribution in [0.2, 0.25) is 0 Å². The Morgan fingerprint density at radius 1 is 0.667 bits per heavy atom. The van der Waals surface area contributed by atoms with Crippen molar-refractivity contribution in [2.75, 3.05) is 26.6 Å². The number of rotatable bonds is 7. The summed E-state index contributed by atoms with van der Waals surface area (Å²) in [6.07, 6.45) is 0. The number of benzene rings is 3. The highest BCUT2D eigenvalue weighted by molar-refractivity contribution is 6.05. The van der Waals surface area contributed by atoms with E-state index in [4.69, 9.17) is 19.2 Å². The predicted octanol–water partition coefficient (Wildman–Crippen LogP) is 5.69. The van der Waals surface area contributed by atoms with Crippen LogP contribution in [-0.4, -0.2) is 32.2 Å². The Balaban J connectivity index is 1.59. The standard InChI is InChI=1S/C27H24N2O4/c1-31-22-10-5-8-19(14-22)26-12-6-11-25(29-26)18-7-4-9-21(13-18)28-27(30)20-15-23(32-2)17-24(16-20)33-3/h4-17H,1-3H3,(H,28,30). The van der Waals surface area contributed by atoms with Gasteiger partial charge in [-0.2, -0.15) is 0 Å². The maximum Gasteiger partial charge on any atom is 0.255 e. The molecule has 0 saturated heterocycles. The zero-order valence-corrected chi connectivity index (χ0v) is 18.7. The number of methoxy groups -OCH3 is 3. The highest BCUT2D eigenvalue weighted by Gasteiger charge is 2.11. The molecule has 1 amide bonds. The van der Waals surface area contributed by atoms with E-state index in [9.17, 15) is 4.79 Å². The Hall–Kier alpha value is -4.32. The lowest BCUT2D eigenvalue weighted by atomic mass is 10.1. The molecule has 6 nitrogen and oxygen atoms in total. The van der Waals surface area contributed by atoms with Gasteiger partial charge in [0.2, 0.25) is 0 Å². The van der Waals surface area contributed by atoms with Gasteiger partial charge in [-0.05, 0) is 48.5 Å². The third-order valence-electron chi connectivity index (χ3n) is 5.14. The maximum absolute atomic E-state index is 12.8. The van der Waals surface area contributed by atoms with E-state index in [1.807, 2.05) is 66.7 Å². The first-order valence-corrected chi connectivity index (χ1v) is 10.4. The summed E-state index contributed by atoms with van der Waals surface area (Å²) in [5.41, 5.74) is 4.59. The van der Waals surface area contributed by atoms with Crippen LogP contribution >= 0.6 is 0 Å². The summed E-state index contributed by atoms with van der Waals surface area (Å²) < 4.78 is 15.8. The minimum absolute atomic E-state index is 0.262. The second-order valence-electron chi connectivity index (χ2n) is 7.28. The Morgan fingerprint density at radius 2 is 1.24 bits per heavy atom. The molecule has 3 aromatic carbocycles. The van der Waals surface area contributed by atoms with Gasteiger partial charge in [0, 0.05) is 28.4 Å². The van der Waals surface area contributed by atoms with E-state index in [0.717, 1.165) is 28.3 Å². The van der Waals surface area contributed by atoms with Gasteiger partial charge < -0.3 is 19.5 Å². The first-order chi connectivity index (χ1) is 16.1. The first-order valence-electron chi connectivity index (χ1n) is 10.4. The van der Waals surface area contributed by atoms with Crippen molar-refractivity contribution in [1.29, 1.82) is 0 Å². The van der Waals surface area contributed by atoms with Gasteiger partial charge in [-0.1, -0.05) is 30.3 Å². The number of hydrogen-bond acceptors (Lipinski definition) is 5. The van der Waals surface area contributed by atoms with Crippen molar-refractivity contribution < 1.29 is 19.0 Å². The van der Waals surface area contributed by atoms with Gasteiger partial charge in [0.25, 0.3) is 5.91 Å². The third kappa shape index (κ3) is 5.13. The van der Waals surface area contributed by atoms with Crippen molar-refractivity contribution in [3.63, 3.8) is 0 Å². The number of carbonyl (C=O) groups is 1. The zero-order valence-electron chi connectivity index (χ0n) is 18.7. The lowest BCUT2D eigenvalue weighted by Crippen LogP contribution is -2.12. The quantitative estimate of drug-likeness (QED) is 0.400. The van der Waals surface area contributed by atoms with Crippen LogP contribution in [0.25, 0.3) is 22.5 Å². The van der Waals surface area contributed by atoms with Crippen LogP contribution in [0.1, 0.15) is 10.4 Å². The van der Waals surface area contributed by atoms with Gasteiger partial charge in [-0.15, -0.1) is 0 Å². The fourth-order valence-corrected chi connectivity index (χ4v) is 3.44. The second kappa shape index (κ2) is 9.87. The van der Waals surface area contributed by atoms with Crippen LogP contribution in [0, 0.1) is 0 Å². The van der Waals surface area contributed by atoms with Crippen molar-refractivity contribution in [3.8, 4) is 39.8 Å². The SMILES string of the molecule is COc1cc(OC)cc(C(=O)Nc2cccc(-c3cccc(-c4cccc(OC)c4)n3)c2)c1. The van der Waals surface area contributed by atoms with Gasteiger partial charge in [-0.25, -0.2) is 4.98 Å². The lowest BCUT2D eigenvalue weighted by molar-refractivity contribution is 0.102. The molecule has 0 unspecified atom stereocenters. The Kier molecular flexibility index (Phi) is 6.55. The summed E-state index contributed by atoms with van der Waals surface area (Å²) in [7, 11) is 4.74. The molecule has 0 radical (unpaired) electrons. The van der Waals surface area contributed by atoms with Crippen LogP contribution in [0.5, 0.6) is 17.2 Å². The average molecular weight is 440 g/mol. The molecule has 0 atom stereocenters. The predicted molar refractivity (Wildman–Crippen MR) is 129 cm³/mol. The van der Waals surface area contributed by atoms with E-state index in [2.05, 4.69) is 5.32 Å². The van der Waals surface area contributed by atoms with E-state index in [0.29, 0.717) is 22.7 Å². The largest absolute Gasteiger partial charge is 0.497 e. The topological polar surface area (TPSA) is 69.7 Å². The van der Waals surface area contributed by atoms with Crippen LogP contribution in [0.15, 0.2) is 84.9 Å². The Bertz CT molecular complexity index is 1260. The molecule has 6 heteroatoms. The molecule has 1 heterocycles. The smallest absolute Gasteiger partial charge is 0.255 e. The zero-order chi connectivity index (χ0) is 23.2. The van der Waals surface area contributed by atoms with E-state index in [-0.39, 0.29) is 5.91 Å². The molecular weight excluding hydrogens is 416 g/mol. The highest BCUT2D eigenvalue weighted by Crippen LogP contribution is 2.27. The highest BCUT2D eigenvalue weighted by atomic mass is 16.5. The fourth-order valence-electron chi connectivity index (χ4n) is 3.44. The van der Waals surface area contributed by atoms with Crippen molar-refractivity contribution >= 4 is 11.6 Å². The van der Waals surface area contributed by atoms with Gasteiger partial charge in [0.05, 0.1) is 32.7 Å². The van der Waals surface area contributed by atoms with Crippen molar-refractivity contribution in [2.24, 2.45) is 0 Å². The van der Waals surface area contributed by atoms with Crippen LogP contribution < -0.4 is 19.5 Å². The van der Waals surface area contributed by atoms with Gasteiger partial charge >= 0.3 is 0 Å². The third-order valence-corrected chi connectivity index (χ3v) is 5.14. The number of hydrogen-bond donors (Lipinski definition) is 1. The monoisotopic (exact) mass is 440 g/mol. The summed E-state index contributed by atoms with van der Waals surface area (Å²) >= 11 is 0. The van der Waals surface area contributed by atoms with E-state index in [1.54, 1.807) is 39.5 Å². The molecule has 0 aliphatic rings. The number of nitrogens with zero attached hydrogens (tertiary/aromatic N) is 1. The molecule has 1 aromatic heterocycles. The van der Waals surface area contributed by atoms with Crippen LogP contribution in [0.3, 0.4) is 0 Å². The van der Waals surface area contributed by atoms with Gasteiger partial charge in [-0.3, -0.25) is 4.79 Å². The number of aromatic nitrogens is 1. The average Bonchev–Trinajstić information content (AvgIpc) is 2.88. The van der Waals surface area contributed by atoms with Gasteiger partial charge in [0.1, 0.15) is 17.2 Å². The molecule has 1 N–H and O–H groups in total. The molecule has 0 bridgehead atoms. The molecule has 4 rings (SSSR count). The molecule has 0 aliphatic heterocycles. The van der Waals surface area contributed by atoms with Crippen LogP contribution in [-0.2, 0) is 0 Å². The summed E-state index contributed by atoms with van der Waals surface area (Å²) in [6, 6.07) is 26.3. The molecule has 166 valence electrons. The normalized spacial score (nSPS) is 10.4. The number of pyridine rings is 1. The first kappa shape index (κ1) is 21.9. The second-order valence-corrected chi connectivity index (χ2v) is 7.28. The van der Waals surface area contributed by atoms with Gasteiger partial charge in [0.15, 0.2) is 0 Å². The minimum atomic E-state index is -0.262. The molecular formula is C27H24N2O4. The molecule has 4 aromatic rings. The van der Waals surface area contributed by atoms with E-state index < -0.39 is 0 Å². The lowest BCUT2D eigenvalue weighted by Gasteiger charge is -2.11.